The van der Waals surface area contributed by atoms with E-state index < -0.39 is 0 Å². The molecule has 20 heavy (non-hydrogen) atoms. The van der Waals surface area contributed by atoms with Gasteiger partial charge in [-0.15, -0.1) is 0 Å². The summed E-state index contributed by atoms with van der Waals surface area (Å²) in [4.78, 5) is 14.3. The molecule has 0 aliphatic carbocycles. The highest BCUT2D eigenvalue weighted by Gasteiger charge is 2.23. The Bertz CT molecular complexity index is 468. The van der Waals surface area contributed by atoms with E-state index in [0.717, 1.165) is 32.5 Å². The van der Waals surface area contributed by atoms with Gasteiger partial charge in [0.25, 0.3) is 5.91 Å². The fourth-order valence-corrected chi connectivity index (χ4v) is 2.73. The number of nitrogens with zero attached hydrogens (tertiary/aromatic N) is 1. The van der Waals surface area contributed by atoms with Gasteiger partial charge in [0.05, 0.1) is 0 Å². The summed E-state index contributed by atoms with van der Waals surface area (Å²) in [6, 6.07) is 4.60. The first-order valence-corrected chi connectivity index (χ1v) is 7.32. The zero-order chi connectivity index (χ0) is 14.5. The summed E-state index contributed by atoms with van der Waals surface area (Å²) >= 11 is 0. The number of rotatable bonds is 4. The molecule has 4 heteroatoms. The third-order valence-corrected chi connectivity index (χ3v) is 4.11. The van der Waals surface area contributed by atoms with Gasteiger partial charge in [0.15, 0.2) is 0 Å². The first-order valence-electron chi connectivity index (χ1n) is 7.32. The van der Waals surface area contributed by atoms with Gasteiger partial charge in [0.1, 0.15) is 5.82 Å². The molecule has 0 unspecified atom stereocenters. The Balaban J connectivity index is 1.92. The van der Waals surface area contributed by atoms with Crippen LogP contribution < -0.4 is 5.32 Å². The molecule has 1 N–H and O–H groups in total. The van der Waals surface area contributed by atoms with E-state index in [4.69, 9.17) is 0 Å². The van der Waals surface area contributed by atoms with Gasteiger partial charge in [0.2, 0.25) is 0 Å². The summed E-state index contributed by atoms with van der Waals surface area (Å²) in [6.07, 6.45) is 3.30. The number of aryl methyl sites for hydroxylation is 1. The third-order valence-electron chi connectivity index (χ3n) is 4.11. The maximum atomic E-state index is 13.2. The number of hydrogen-bond donors (Lipinski definition) is 1. The van der Waals surface area contributed by atoms with Crippen LogP contribution in [-0.2, 0) is 0 Å². The van der Waals surface area contributed by atoms with Gasteiger partial charge in [-0.05, 0) is 69.5 Å². The molecular weight excluding hydrogens is 255 g/mol. The predicted octanol–water partition coefficient (Wildman–Crippen LogP) is 2.60. The Morgan fingerprint density at radius 2 is 2.10 bits per heavy atom. The molecule has 0 spiro atoms. The number of benzene rings is 1. The molecule has 1 aliphatic heterocycles. The van der Waals surface area contributed by atoms with Crippen molar-refractivity contribution >= 4 is 5.91 Å². The Morgan fingerprint density at radius 1 is 1.40 bits per heavy atom. The van der Waals surface area contributed by atoms with E-state index in [2.05, 4.69) is 5.32 Å². The van der Waals surface area contributed by atoms with Crippen LogP contribution in [0.1, 0.15) is 35.2 Å². The van der Waals surface area contributed by atoms with Crippen LogP contribution >= 0.6 is 0 Å². The van der Waals surface area contributed by atoms with Crippen LogP contribution in [0.3, 0.4) is 0 Å². The van der Waals surface area contributed by atoms with E-state index in [0.29, 0.717) is 17.0 Å². The van der Waals surface area contributed by atoms with Crippen LogP contribution in [0.4, 0.5) is 4.39 Å². The third kappa shape index (κ3) is 3.57. The van der Waals surface area contributed by atoms with E-state index in [1.807, 2.05) is 11.9 Å². The minimum atomic E-state index is -0.257. The number of hydrogen-bond acceptors (Lipinski definition) is 2. The second-order valence-electron chi connectivity index (χ2n) is 5.59. The van der Waals surface area contributed by atoms with Crippen molar-refractivity contribution in [2.24, 2.45) is 5.92 Å². The molecule has 1 saturated heterocycles. The monoisotopic (exact) mass is 278 g/mol. The molecule has 3 nitrogen and oxygen atoms in total. The standard InChI is InChI=1S/C16H23FN2O/c1-12-11-14(3-4-15(12)17)16(20)19-9-6-13(7-10-19)5-8-18-2/h3-4,11,13,18H,5-10H2,1-2H3. The highest BCUT2D eigenvalue weighted by atomic mass is 19.1. The van der Waals surface area contributed by atoms with E-state index in [-0.39, 0.29) is 11.7 Å². The second kappa shape index (κ2) is 6.84. The Morgan fingerprint density at radius 3 is 2.70 bits per heavy atom. The quantitative estimate of drug-likeness (QED) is 0.918. The molecule has 1 heterocycles. The molecule has 1 fully saturated rings. The Labute approximate surface area is 120 Å². The number of carbonyl (C=O) groups excluding carboxylic acids is 1. The smallest absolute Gasteiger partial charge is 0.253 e. The summed E-state index contributed by atoms with van der Waals surface area (Å²) < 4.78 is 13.2. The zero-order valence-corrected chi connectivity index (χ0v) is 12.3. The van der Waals surface area contributed by atoms with Gasteiger partial charge in [-0.2, -0.15) is 0 Å². The predicted molar refractivity (Wildman–Crippen MR) is 78.3 cm³/mol. The summed E-state index contributed by atoms with van der Waals surface area (Å²) in [5.74, 6) is 0.481. The highest BCUT2D eigenvalue weighted by Crippen LogP contribution is 2.22. The molecular formula is C16H23FN2O. The van der Waals surface area contributed by atoms with Gasteiger partial charge in [-0.25, -0.2) is 4.39 Å². The maximum absolute atomic E-state index is 13.2. The van der Waals surface area contributed by atoms with Crippen LogP contribution in [0.25, 0.3) is 0 Å². The van der Waals surface area contributed by atoms with Crippen LogP contribution in [0.2, 0.25) is 0 Å². The van der Waals surface area contributed by atoms with Crippen molar-refractivity contribution < 1.29 is 9.18 Å². The normalized spacial score (nSPS) is 16.4. The summed E-state index contributed by atoms with van der Waals surface area (Å²) in [5, 5.41) is 3.17. The SMILES string of the molecule is CNCCC1CCN(C(=O)c2ccc(F)c(C)c2)CC1. The molecule has 0 atom stereocenters. The van der Waals surface area contributed by atoms with Crippen LogP contribution in [0, 0.1) is 18.7 Å². The van der Waals surface area contributed by atoms with Crippen molar-refractivity contribution in [3.8, 4) is 0 Å². The van der Waals surface area contributed by atoms with Crippen molar-refractivity contribution in [3.05, 3.63) is 35.1 Å². The molecule has 110 valence electrons. The lowest BCUT2D eigenvalue weighted by atomic mass is 9.93. The van der Waals surface area contributed by atoms with E-state index in [1.165, 1.54) is 12.5 Å². The maximum Gasteiger partial charge on any atom is 0.253 e. The topological polar surface area (TPSA) is 32.3 Å². The Kier molecular flexibility index (Phi) is 5.12. The van der Waals surface area contributed by atoms with Crippen molar-refractivity contribution in [1.82, 2.24) is 10.2 Å². The molecule has 1 aromatic rings. The molecule has 2 rings (SSSR count). The summed E-state index contributed by atoms with van der Waals surface area (Å²) in [6.45, 7) is 4.35. The van der Waals surface area contributed by atoms with E-state index >= 15 is 0 Å². The lowest BCUT2D eigenvalue weighted by molar-refractivity contribution is 0.0687. The van der Waals surface area contributed by atoms with Gasteiger partial charge in [-0.1, -0.05) is 0 Å². The minimum absolute atomic E-state index is 0.0279. The summed E-state index contributed by atoms with van der Waals surface area (Å²) in [5.41, 5.74) is 1.12. The first kappa shape index (κ1) is 15.0. The van der Waals surface area contributed by atoms with Crippen molar-refractivity contribution in [2.45, 2.75) is 26.2 Å². The fourth-order valence-electron chi connectivity index (χ4n) is 2.73. The second-order valence-corrected chi connectivity index (χ2v) is 5.59. The summed E-state index contributed by atoms with van der Waals surface area (Å²) in [7, 11) is 1.97. The number of halogens is 1. The zero-order valence-electron chi connectivity index (χ0n) is 12.3. The van der Waals surface area contributed by atoms with Crippen molar-refractivity contribution in [2.75, 3.05) is 26.7 Å². The van der Waals surface area contributed by atoms with Gasteiger partial charge in [0, 0.05) is 18.7 Å². The fraction of sp³-hybridized carbons (Fsp3) is 0.562. The highest BCUT2D eigenvalue weighted by molar-refractivity contribution is 5.94. The molecule has 0 saturated carbocycles. The average molecular weight is 278 g/mol. The van der Waals surface area contributed by atoms with Gasteiger partial charge >= 0.3 is 0 Å². The molecule has 1 aliphatic rings. The molecule has 1 aromatic carbocycles. The van der Waals surface area contributed by atoms with Crippen molar-refractivity contribution in [3.63, 3.8) is 0 Å². The van der Waals surface area contributed by atoms with Crippen LogP contribution in [0.5, 0.6) is 0 Å². The molecule has 0 aromatic heterocycles. The Hall–Kier alpha value is -1.42. The number of carbonyl (C=O) groups is 1. The number of nitrogens with one attached hydrogen (secondary N) is 1. The number of piperidine rings is 1. The molecule has 0 radical (unpaired) electrons. The lowest BCUT2D eigenvalue weighted by Gasteiger charge is -2.32. The van der Waals surface area contributed by atoms with Crippen molar-refractivity contribution in [1.29, 1.82) is 0 Å². The molecule has 0 bridgehead atoms. The van der Waals surface area contributed by atoms with Gasteiger partial charge in [-0.3, -0.25) is 4.79 Å². The number of amides is 1. The van der Waals surface area contributed by atoms with Crippen LogP contribution in [-0.4, -0.2) is 37.5 Å². The largest absolute Gasteiger partial charge is 0.339 e. The minimum Gasteiger partial charge on any atom is -0.339 e. The average Bonchev–Trinajstić information content (AvgIpc) is 2.48. The lowest BCUT2D eigenvalue weighted by Crippen LogP contribution is -2.39. The van der Waals surface area contributed by atoms with Gasteiger partial charge < -0.3 is 10.2 Å². The number of likely N-dealkylation sites (tertiary alicyclic amines) is 1. The first-order chi connectivity index (χ1) is 9.61. The van der Waals surface area contributed by atoms with E-state index in [1.54, 1.807) is 19.1 Å². The van der Waals surface area contributed by atoms with Crippen LogP contribution in [0.15, 0.2) is 18.2 Å². The van der Waals surface area contributed by atoms with E-state index in [9.17, 15) is 9.18 Å². The molecule has 1 amide bonds.